The highest BCUT2D eigenvalue weighted by atomic mass is 19.4. The van der Waals surface area contributed by atoms with Gasteiger partial charge in [-0.1, -0.05) is 19.6 Å². The lowest BCUT2D eigenvalue weighted by molar-refractivity contribution is -0.198. The fourth-order valence-corrected chi connectivity index (χ4v) is 2.68. The molecule has 0 aromatic carbocycles. The quantitative estimate of drug-likeness (QED) is 0.535. The van der Waals surface area contributed by atoms with Gasteiger partial charge in [0.05, 0.1) is 18.4 Å². The largest absolute Gasteiger partial charge is 0.392 e. The van der Waals surface area contributed by atoms with Crippen LogP contribution in [0.4, 0.5) is 13.2 Å². The lowest BCUT2D eigenvalue weighted by Gasteiger charge is -2.34. The van der Waals surface area contributed by atoms with Crippen LogP contribution in [-0.2, 0) is 0 Å². The fraction of sp³-hybridized carbons (Fsp3) is 0.625. The molecule has 0 aromatic heterocycles. The van der Waals surface area contributed by atoms with Gasteiger partial charge in [0.1, 0.15) is 0 Å². The molecule has 0 spiro atoms. The molecule has 0 amide bonds. The highest BCUT2D eigenvalue weighted by Crippen LogP contribution is 2.43. The van der Waals surface area contributed by atoms with Gasteiger partial charge in [-0.25, -0.2) is 0 Å². The summed E-state index contributed by atoms with van der Waals surface area (Å²) in [6.07, 6.45) is 2.54. The summed E-state index contributed by atoms with van der Waals surface area (Å²) in [6, 6.07) is 2.01. The lowest BCUT2D eigenvalue weighted by atomic mass is 9.74. The molecule has 0 aliphatic heterocycles. The van der Waals surface area contributed by atoms with Crippen molar-refractivity contribution in [1.29, 1.82) is 5.26 Å². The van der Waals surface area contributed by atoms with Gasteiger partial charge in [-0.3, -0.25) is 4.99 Å². The Labute approximate surface area is 124 Å². The lowest BCUT2D eigenvalue weighted by Crippen LogP contribution is -2.35. The molecule has 5 heteroatoms. The van der Waals surface area contributed by atoms with Crippen molar-refractivity contribution < 1.29 is 13.2 Å². The summed E-state index contributed by atoms with van der Waals surface area (Å²) in [6.45, 7) is 5.68. The van der Waals surface area contributed by atoms with E-state index in [0.717, 1.165) is 12.0 Å². The second kappa shape index (κ2) is 8.02. The standard InChI is InChI=1S/C16H21F3N2/c1-3-13(6-8-20)7-9-21-11-14-5-4-12(2)15(10-14)16(17,18)19/h3,7,9,12,14-15H,1,4-6,10-11H2,2H3/b13-7-,21-9?. The Morgan fingerprint density at radius 3 is 2.71 bits per heavy atom. The van der Waals surface area contributed by atoms with Crippen LogP contribution in [0.25, 0.3) is 0 Å². The van der Waals surface area contributed by atoms with E-state index in [1.807, 2.05) is 6.07 Å². The Bertz CT molecular complexity index is 443. The van der Waals surface area contributed by atoms with Crippen molar-refractivity contribution in [2.45, 2.75) is 38.8 Å². The van der Waals surface area contributed by atoms with Gasteiger partial charge >= 0.3 is 6.18 Å². The molecule has 0 heterocycles. The summed E-state index contributed by atoms with van der Waals surface area (Å²) < 4.78 is 38.7. The van der Waals surface area contributed by atoms with Crippen LogP contribution in [0.5, 0.6) is 0 Å². The zero-order valence-corrected chi connectivity index (χ0v) is 12.2. The van der Waals surface area contributed by atoms with Crippen molar-refractivity contribution in [3.63, 3.8) is 0 Å². The molecule has 116 valence electrons. The number of alkyl halides is 3. The first-order valence-corrected chi connectivity index (χ1v) is 7.13. The van der Waals surface area contributed by atoms with Gasteiger partial charge in [0, 0.05) is 12.8 Å². The molecule has 21 heavy (non-hydrogen) atoms. The maximum atomic E-state index is 12.9. The summed E-state index contributed by atoms with van der Waals surface area (Å²) in [4.78, 5) is 4.18. The molecule has 1 saturated carbocycles. The predicted octanol–water partition coefficient (Wildman–Crippen LogP) is 4.70. The highest BCUT2D eigenvalue weighted by molar-refractivity contribution is 5.73. The topological polar surface area (TPSA) is 36.1 Å². The van der Waals surface area contributed by atoms with Gasteiger partial charge < -0.3 is 0 Å². The molecule has 1 aliphatic carbocycles. The molecule has 2 nitrogen and oxygen atoms in total. The maximum absolute atomic E-state index is 12.9. The van der Waals surface area contributed by atoms with Crippen molar-refractivity contribution in [3.8, 4) is 6.07 Å². The van der Waals surface area contributed by atoms with Crippen molar-refractivity contribution in [2.75, 3.05) is 6.54 Å². The number of nitrogens with zero attached hydrogens (tertiary/aromatic N) is 2. The van der Waals surface area contributed by atoms with Crippen LogP contribution < -0.4 is 0 Å². The second-order valence-corrected chi connectivity index (χ2v) is 5.60. The maximum Gasteiger partial charge on any atom is 0.392 e. The van der Waals surface area contributed by atoms with E-state index in [4.69, 9.17) is 5.26 Å². The third kappa shape index (κ3) is 5.74. The van der Waals surface area contributed by atoms with E-state index in [-0.39, 0.29) is 24.7 Å². The number of allylic oxidation sites excluding steroid dienone is 3. The van der Waals surface area contributed by atoms with Gasteiger partial charge in [0.25, 0.3) is 0 Å². The normalized spacial score (nSPS) is 27.6. The van der Waals surface area contributed by atoms with Crippen molar-refractivity contribution in [2.24, 2.45) is 22.7 Å². The molecule has 1 aliphatic rings. The van der Waals surface area contributed by atoms with E-state index in [1.165, 1.54) is 0 Å². The number of halogens is 3. The summed E-state index contributed by atoms with van der Waals surface area (Å²) in [7, 11) is 0. The molecule has 0 aromatic rings. The van der Waals surface area contributed by atoms with Crippen LogP contribution in [0.1, 0.15) is 32.6 Å². The van der Waals surface area contributed by atoms with E-state index in [1.54, 1.807) is 25.3 Å². The van der Waals surface area contributed by atoms with E-state index in [2.05, 4.69) is 11.6 Å². The number of hydrogen-bond donors (Lipinski definition) is 0. The number of hydrogen-bond acceptors (Lipinski definition) is 2. The first-order valence-electron chi connectivity index (χ1n) is 7.13. The van der Waals surface area contributed by atoms with E-state index < -0.39 is 12.1 Å². The van der Waals surface area contributed by atoms with Crippen LogP contribution >= 0.6 is 0 Å². The average molecular weight is 298 g/mol. The van der Waals surface area contributed by atoms with Gasteiger partial charge in [-0.15, -0.1) is 0 Å². The number of aliphatic imine (C=N–C) groups is 1. The molecule has 0 radical (unpaired) electrons. The Morgan fingerprint density at radius 1 is 1.43 bits per heavy atom. The second-order valence-electron chi connectivity index (χ2n) is 5.60. The summed E-state index contributed by atoms with van der Waals surface area (Å²) in [5.41, 5.74) is 0.756. The predicted molar refractivity (Wildman–Crippen MR) is 77.9 cm³/mol. The SMILES string of the molecule is C=C/C(=C/C=NCC1CCC(C)C(C(F)(F)F)C1)CC#N. The summed E-state index contributed by atoms with van der Waals surface area (Å²) in [5.74, 6) is -1.52. The molecular formula is C16H21F3N2. The summed E-state index contributed by atoms with van der Waals surface area (Å²) in [5, 5.41) is 8.57. The van der Waals surface area contributed by atoms with Crippen molar-refractivity contribution in [1.82, 2.24) is 0 Å². The summed E-state index contributed by atoms with van der Waals surface area (Å²) >= 11 is 0. The fourth-order valence-electron chi connectivity index (χ4n) is 2.68. The van der Waals surface area contributed by atoms with Crippen molar-refractivity contribution >= 4 is 6.21 Å². The molecule has 0 N–H and O–H groups in total. The first-order chi connectivity index (χ1) is 9.88. The van der Waals surface area contributed by atoms with Crippen LogP contribution in [0.2, 0.25) is 0 Å². The molecule has 0 saturated heterocycles. The Kier molecular flexibility index (Phi) is 6.67. The smallest absolute Gasteiger partial charge is 0.293 e. The van der Waals surface area contributed by atoms with E-state index in [9.17, 15) is 13.2 Å². The molecule has 1 fully saturated rings. The van der Waals surface area contributed by atoms with Crippen molar-refractivity contribution in [3.05, 3.63) is 24.3 Å². The van der Waals surface area contributed by atoms with Crippen LogP contribution in [0, 0.1) is 29.1 Å². The molecule has 0 bridgehead atoms. The van der Waals surface area contributed by atoms with E-state index in [0.29, 0.717) is 13.0 Å². The van der Waals surface area contributed by atoms with Gasteiger partial charge in [0.2, 0.25) is 0 Å². The molecule has 1 rings (SSSR count). The number of nitriles is 1. The third-order valence-electron chi connectivity index (χ3n) is 4.03. The number of rotatable bonds is 5. The van der Waals surface area contributed by atoms with Crippen LogP contribution in [-0.4, -0.2) is 18.9 Å². The minimum atomic E-state index is -4.11. The van der Waals surface area contributed by atoms with Crippen LogP contribution in [0.3, 0.4) is 0 Å². The minimum absolute atomic E-state index is 0.0133. The zero-order valence-electron chi connectivity index (χ0n) is 12.2. The van der Waals surface area contributed by atoms with Crippen LogP contribution in [0.15, 0.2) is 29.3 Å². The Morgan fingerprint density at radius 2 is 2.14 bits per heavy atom. The first kappa shape index (κ1) is 17.5. The molecule has 3 unspecified atom stereocenters. The molecule has 3 atom stereocenters. The van der Waals surface area contributed by atoms with Gasteiger partial charge in [-0.05, 0) is 42.7 Å². The highest BCUT2D eigenvalue weighted by Gasteiger charge is 2.45. The Hall–Kier alpha value is -1.57. The van der Waals surface area contributed by atoms with Gasteiger partial charge in [-0.2, -0.15) is 18.4 Å². The zero-order chi connectivity index (χ0) is 15.9. The Balaban J connectivity index is 2.53. The van der Waals surface area contributed by atoms with E-state index >= 15 is 0 Å². The molecular weight excluding hydrogens is 277 g/mol. The average Bonchev–Trinajstić information content (AvgIpc) is 2.42. The minimum Gasteiger partial charge on any atom is -0.293 e. The van der Waals surface area contributed by atoms with Gasteiger partial charge in [0.15, 0.2) is 0 Å². The monoisotopic (exact) mass is 298 g/mol. The third-order valence-corrected chi connectivity index (χ3v) is 4.03.